The summed E-state index contributed by atoms with van der Waals surface area (Å²) in [4.78, 5) is 10.2. The summed E-state index contributed by atoms with van der Waals surface area (Å²) in [5.41, 5.74) is 0.802. The van der Waals surface area contributed by atoms with E-state index in [-0.39, 0.29) is 17.5 Å². The maximum Gasteiger partial charge on any atom is 0.270 e. The van der Waals surface area contributed by atoms with Crippen LogP contribution in [0, 0.1) is 15.9 Å². The monoisotopic (exact) mass is 285 g/mol. The molecule has 0 amide bonds. The molecule has 3 aromatic rings. The molecular weight excluding hydrogens is 277 g/mol. The Morgan fingerprint density at radius 3 is 2.24 bits per heavy atom. The summed E-state index contributed by atoms with van der Waals surface area (Å²) in [6, 6.07) is 11.6. The molecule has 0 radical (unpaired) electrons. The Balaban J connectivity index is 1.98. The second-order valence-corrected chi connectivity index (χ2v) is 4.23. The Labute approximate surface area is 118 Å². The Morgan fingerprint density at radius 1 is 1.00 bits per heavy atom. The van der Waals surface area contributed by atoms with Crippen molar-refractivity contribution in [2.45, 2.75) is 0 Å². The van der Waals surface area contributed by atoms with E-state index in [0.29, 0.717) is 11.1 Å². The third kappa shape index (κ3) is 2.62. The first-order valence-corrected chi connectivity index (χ1v) is 5.98. The average Bonchev–Trinajstić information content (AvgIpc) is 2.97. The van der Waals surface area contributed by atoms with E-state index in [9.17, 15) is 14.5 Å². The van der Waals surface area contributed by atoms with Gasteiger partial charge in [-0.05, 0) is 24.3 Å². The molecule has 0 unspecified atom stereocenters. The second kappa shape index (κ2) is 5.12. The molecule has 21 heavy (non-hydrogen) atoms. The minimum atomic E-state index is -0.507. The third-order valence-corrected chi connectivity index (χ3v) is 2.80. The number of hydrogen-bond donors (Lipinski definition) is 0. The zero-order chi connectivity index (χ0) is 14.8. The molecule has 0 aliphatic rings. The van der Waals surface area contributed by atoms with E-state index >= 15 is 0 Å². The topological polar surface area (TPSA) is 82.1 Å². The molecule has 2 aromatic carbocycles. The molecule has 7 heteroatoms. The molecule has 0 N–H and O–H groups in total. The van der Waals surface area contributed by atoms with Gasteiger partial charge in [0.05, 0.1) is 4.92 Å². The molecule has 0 fully saturated rings. The summed E-state index contributed by atoms with van der Waals surface area (Å²) >= 11 is 0. The molecule has 0 bridgehead atoms. The zero-order valence-electron chi connectivity index (χ0n) is 10.6. The second-order valence-electron chi connectivity index (χ2n) is 4.23. The standard InChI is InChI=1S/C14H8FN3O3/c15-11-5-1-3-9(7-11)13-16-17-14(21-13)10-4-2-6-12(8-10)18(19)20/h1-8H. The molecule has 0 aliphatic heterocycles. The van der Waals surface area contributed by atoms with Crippen LogP contribution in [-0.4, -0.2) is 15.1 Å². The summed E-state index contributed by atoms with van der Waals surface area (Å²) in [6.07, 6.45) is 0. The predicted molar refractivity (Wildman–Crippen MR) is 71.8 cm³/mol. The van der Waals surface area contributed by atoms with Gasteiger partial charge in [0.2, 0.25) is 11.8 Å². The van der Waals surface area contributed by atoms with Gasteiger partial charge in [-0.2, -0.15) is 0 Å². The van der Waals surface area contributed by atoms with E-state index in [1.807, 2.05) is 0 Å². The molecular formula is C14H8FN3O3. The van der Waals surface area contributed by atoms with Crippen LogP contribution in [0.4, 0.5) is 10.1 Å². The van der Waals surface area contributed by atoms with Gasteiger partial charge in [0.1, 0.15) is 5.82 Å². The van der Waals surface area contributed by atoms with E-state index in [2.05, 4.69) is 10.2 Å². The van der Waals surface area contributed by atoms with Gasteiger partial charge in [0, 0.05) is 23.3 Å². The number of nitrogens with zero attached hydrogens (tertiary/aromatic N) is 3. The van der Waals surface area contributed by atoms with Crippen LogP contribution >= 0.6 is 0 Å². The Morgan fingerprint density at radius 2 is 1.62 bits per heavy atom. The Kier molecular flexibility index (Phi) is 3.15. The van der Waals surface area contributed by atoms with Crippen LogP contribution in [0.25, 0.3) is 22.9 Å². The van der Waals surface area contributed by atoms with Crippen molar-refractivity contribution in [3.05, 3.63) is 64.5 Å². The van der Waals surface area contributed by atoms with Crippen molar-refractivity contribution in [2.24, 2.45) is 0 Å². The number of aromatic nitrogens is 2. The van der Waals surface area contributed by atoms with Gasteiger partial charge >= 0.3 is 0 Å². The van der Waals surface area contributed by atoms with E-state index in [1.54, 1.807) is 12.1 Å². The Bertz CT molecular complexity index is 816. The molecule has 0 spiro atoms. The van der Waals surface area contributed by atoms with E-state index in [1.165, 1.54) is 36.4 Å². The van der Waals surface area contributed by atoms with E-state index in [0.717, 1.165) is 0 Å². The quantitative estimate of drug-likeness (QED) is 0.543. The van der Waals surface area contributed by atoms with Gasteiger partial charge in [-0.15, -0.1) is 10.2 Å². The number of non-ortho nitro benzene ring substituents is 1. The summed E-state index contributed by atoms with van der Waals surface area (Å²) in [7, 11) is 0. The fourth-order valence-electron chi connectivity index (χ4n) is 1.83. The largest absolute Gasteiger partial charge is 0.416 e. The molecule has 6 nitrogen and oxygen atoms in total. The summed E-state index contributed by atoms with van der Waals surface area (Å²) in [5.74, 6) is -0.128. The lowest BCUT2D eigenvalue weighted by atomic mass is 10.2. The molecule has 0 aliphatic carbocycles. The molecule has 0 atom stereocenters. The van der Waals surface area contributed by atoms with Crippen molar-refractivity contribution in [3.63, 3.8) is 0 Å². The molecule has 3 rings (SSSR count). The minimum absolute atomic E-state index is 0.0713. The fourth-order valence-corrected chi connectivity index (χ4v) is 1.83. The number of halogens is 1. The summed E-state index contributed by atoms with van der Waals surface area (Å²) < 4.78 is 18.6. The highest BCUT2D eigenvalue weighted by Gasteiger charge is 2.13. The zero-order valence-corrected chi connectivity index (χ0v) is 10.6. The van der Waals surface area contributed by atoms with Crippen molar-refractivity contribution in [2.75, 3.05) is 0 Å². The minimum Gasteiger partial charge on any atom is -0.416 e. The van der Waals surface area contributed by atoms with Crippen molar-refractivity contribution in [1.29, 1.82) is 0 Å². The van der Waals surface area contributed by atoms with E-state index in [4.69, 9.17) is 4.42 Å². The first-order valence-electron chi connectivity index (χ1n) is 5.98. The first kappa shape index (κ1) is 12.9. The van der Waals surface area contributed by atoms with Crippen LogP contribution in [-0.2, 0) is 0 Å². The molecule has 104 valence electrons. The average molecular weight is 285 g/mol. The highest BCUT2D eigenvalue weighted by atomic mass is 19.1. The summed E-state index contributed by atoms with van der Waals surface area (Å²) in [5, 5.41) is 18.4. The molecule has 1 heterocycles. The van der Waals surface area contributed by atoms with Crippen molar-refractivity contribution >= 4 is 5.69 Å². The summed E-state index contributed by atoms with van der Waals surface area (Å²) in [6.45, 7) is 0. The first-order chi connectivity index (χ1) is 10.1. The number of nitro groups is 1. The highest BCUT2D eigenvalue weighted by molar-refractivity contribution is 5.60. The van der Waals surface area contributed by atoms with Crippen LogP contribution in [0.1, 0.15) is 0 Å². The van der Waals surface area contributed by atoms with Gasteiger partial charge in [-0.3, -0.25) is 10.1 Å². The number of nitro benzene ring substituents is 1. The van der Waals surface area contributed by atoms with Gasteiger partial charge < -0.3 is 4.42 Å². The normalized spacial score (nSPS) is 10.5. The van der Waals surface area contributed by atoms with E-state index < -0.39 is 10.7 Å². The Hall–Kier alpha value is -3.09. The van der Waals surface area contributed by atoms with Crippen molar-refractivity contribution < 1.29 is 13.7 Å². The lowest BCUT2D eigenvalue weighted by molar-refractivity contribution is -0.384. The van der Waals surface area contributed by atoms with Crippen LogP contribution < -0.4 is 0 Å². The maximum absolute atomic E-state index is 13.2. The number of benzene rings is 2. The molecule has 0 saturated heterocycles. The van der Waals surface area contributed by atoms with Crippen LogP contribution in [0.15, 0.2) is 52.9 Å². The van der Waals surface area contributed by atoms with Crippen LogP contribution in [0.2, 0.25) is 0 Å². The van der Waals surface area contributed by atoms with Gasteiger partial charge in [-0.25, -0.2) is 4.39 Å². The smallest absolute Gasteiger partial charge is 0.270 e. The van der Waals surface area contributed by atoms with Gasteiger partial charge in [0.25, 0.3) is 5.69 Å². The lowest BCUT2D eigenvalue weighted by Gasteiger charge is -1.96. The van der Waals surface area contributed by atoms with Gasteiger partial charge in [0.15, 0.2) is 0 Å². The number of rotatable bonds is 3. The molecule has 1 aromatic heterocycles. The van der Waals surface area contributed by atoms with Crippen molar-refractivity contribution in [1.82, 2.24) is 10.2 Å². The lowest BCUT2D eigenvalue weighted by Crippen LogP contribution is -1.88. The number of hydrogen-bond acceptors (Lipinski definition) is 5. The van der Waals surface area contributed by atoms with Gasteiger partial charge in [-0.1, -0.05) is 12.1 Å². The SMILES string of the molecule is O=[N+]([O-])c1cccc(-c2nnc(-c3cccc(F)c3)o2)c1. The maximum atomic E-state index is 13.2. The van der Waals surface area contributed by atoms with Crippen LogP contribution in [0.3, 0.4) is 0 Å². The predicted octanol–water partition coefficient (Wildman–Crippen LogP) is 3.45. The fraction of sp³-hybridized carbons (Fsp3) is 0. The third-order valence-electron chi connectivity index (χ3n) is 2.80. The highest BCUT2D eigenvalue weighted by Crippen LogP contribution is 2.26. The van der Waals surface area contributed by atoms with Crippen LogP contribution in [0.5, 0.6) is 0 Å². The molecule has 0 saturated carbocycles. The van der Waals surface area contributed by atoms with Crippen molar-refractivity contribution in [3.8, 4) is 22.9 Å².